The van der Waals surface area contributed by atoms with E-state index in [2.05, 4.69) is 4.98 Å². The molecule has 2 aromatic rings. The van der Waals surface area contributed by atoms with E-state index >= 15 is 0 Å². The van der Waals surface area contributed by atoms with Crippen molar-refractivity contribution in [3.63, 3.8) is 0 Å². The highest BCUT2D eigenvalue weighted by Gasteiger charge is 2.07. The zero-order chi connectivity index (χ0) is 10.8. The lowest BCUT2D eigenvalue weighted by molar-refractivity contribution is 0.184. The number of aromatic nitrogens is 1. The molecule has 0 aliphatic carbocycles. The number of aliphatic hydroxyl groups is 1. The van der Waals surface area contributed by atoms with Crippen molar-refractivity contribution in [2.24, 2.45) is 5.73 Å². The second-order valence-electron chi connectivity index (χ2n) is 3.32. The first kappa shape index (κ1) is 10.8. The molecule has 2 heterocycles. The van der Waals surface area contributed by atoms with Crippen LogP contribution in [0.15, 0.2) is 18.2 Å². The summed E-state index contributed by atoms with van der Waals surface area (Å²) in [6.45, 7) is 0.280. The van der Waals surface area contributed by atoms with Gasteiger partial charge >= 0.3 is 0 Å². The Kier molecular flexibility index (Phi) is 3.21. The third kappa shape index (κ3) is 2.46. The van der Waals surface area contributed by atoms with Crippen LogP contribution in [-0.4, -0.2) is 22.7 Å². The van der Waals surface area contributed by atoms with Gasteiger partial charge in [0.25, 0.3) is 0 Å². The fourth-order valence-electron chi connectivity index (χ4n) is 1.37. The van der Waals surface area contributed by atoms with Crippen LogP contribution >= 0.6 is 22.9 Å². The van der Waals surface area contributed by atoms with E-state index in [1.54, 1.807) is 17.4 Å². The molecule has 0 spiro atoms. The highest BCUT2D eigenvalue weighted by molar-refractivity contribution is 7.19. The Balaban J connectivity index is 2.30. The lowest BCUT2D eigenvalue weighted by Crippen LogP contribution is -2.21. The van der Waals surface area contributed by atoms with Crippen LogP contribution in [0, 0.1) is 0 Å². The number of nitrogens with two attached hydrogens (primary N) is 1. The predicted molar refractivity (Wildman–Crippen MR) is 63.4 cm³/mol. The van der Waals surface area contributed by atoms with Crippen LogP contribution in [0.4, 0.5) is 0 Å². The molecular formula is C10H11ClN2OS. The second kappa shape index (κ2) is 4.45. The molecule has 80 valence electrons. The smallest absolute Gasteiger partial charge is 0.129 e. The zero-order valence-electron chi connectivity index (χ0n) is 7.98. The molecule has 2 aromatic heterocycles. The quantitative estimate of drug-likeness (QED) is 0.808. The van der Waals surface area contributed by atoms with E-state index < -0.39 is 6.10 Å². The number of aliphatic hydroxyl groups excluding tert-OH is 1. The summed E-state index contributed by atoms with van der Waals surface area (Å²) in [5, 5.41) is 9.92. The van der Waals surface area contributed by atoms with Gasteiger partial charge in [-0.3, -0.25) is 0 Å². The van der Waals surface area contributed by atoms with E-state index in [4.69, 9.17) is 17.3 Å². The van der Waals surface area contributed by atoms with Crippen molar-refractivity contribution in [1.82, 2.24) is 4.98 Å². The summed E-state index contributed by atoms with van der Waals surface area (Å²) in [6.07, 6.45) is 0.100. The molecule has 1 unspecified atom stereocenters. The summed E-state index contributed by atoms with van der Waals surface area (Å²) in [5.41, 5.74) is 6.24. The third-order valence-electron chi connectivity index (χ3n) is 2.10. The SMILES string of the molecule is NCC(O)Cc1cc2nc(Cl)ccc2s1. The number of rotatable bonds is 3. The first-order valence-electron chi connectivity index (χ1n) is 4.62. The third-order valence-corrected chi connectivity index (χ3v) is 3.42. The molecule has 0 saturated heterocycles. The molecule has 3 N–H and O–H groups in total. The van der Waals surface area contributed by atoms with Crippen molar-refractivity contribution >= 4 is 33.2 Å². The normalized spacial score (nSPS) is 13.3. The Labute approximate surface area is 96.5 Å². The van der Waals surface area contributed by atoms with E-state index in [0.717, 1.165) is 15.1 Å². The van der Waals surface area contributed by atoms with Gasteiger partial charge < -0.3 is 10.8 Å². The summed E-state index contributed by atoms with van der Waals surface area (Å²) >= 11 is 7.40. The van der Waals surface area contributed by atoms with E-state index in [1.165, 1.54) is 0 Å². The average molecular weight is 243 g/mol. The van der Waals surface area contributed by atoms with Crippen molar-refractivity contribution in [1.29, 1.82) is 0 Å². The Hall–Kier alpha value is -0.680. The fraction of sp³-hybridized carbons (Fsp3) is 0.300. The molecule has 0 fully saturated rings. The van der Waals surface area contributed by atoms with Crippen LogP contribution in [0.3, 0.4) is 0 Å². The Morgan fingerprint density at radius 3 is 3.07 bits per heavy atom. The maximum atomic E-state index is 9.43. The number of hydrogen-bond donors (Lipinski definition) is 2. The minimum Gasteiger partial charge on any atom is -0.391 e. The van der Waals surface area contributed by atoms with Gasteiger partial charge in [-0.15, -0.1) is 11.3 Å². The van der Waals surface area contributed by atoms with Crippen molar-refractivity contribution < 1.29 is 5.11 Å². The number of thiophene rings is 1. The average Bonchev–Trinajstić information content (AvgIpc) is 2.59. The van der Waals surface area contributed by atoms with Crippen LogP contribution in [0.5, 0.6) is 0 Å². The minimum atomic E-state index is -0.478. The van der Waals surface area contributed by atoms with Crippen molar-refractivity contribution in [3.8, 4) is 0 Å². The van der Waals surface area contributed by atoms with Crippen LogP contribution in [0.2, 0.25) is 5.15 Å². The lowest BCUT2D eigenvalue weighted by Gasteiger charge is -2.03. The van der Waals surface area contributed by atoms with Crippen LogP contribution in [-0.2, 0) is 6.42 Å². The number of halogens is 1. The summed E-state index contributed by atoms with van der Waals surface area (Å²) in [6, 6.07) is 5.65. The molecule has 0 aliphatic heterocycles. The van der Waals surface area contributed by atoms with Crippen LogP contribution < -0.4 is 5.73 Å². The molecule has 0 saturated carbocycles. The first-order chi connectivity index (χ1) is 7.19. The van der Waals surface area contributed by atoms with Crippen molar-refractivity contribution in [2.45, 2.75) is 12.5 Å². The maximum Gasteiger partial charge on any atom is 0.129 e. The molecule has 0 aromatic carbocycles. The summed E-state index contributed by atoms with van der Waals surface area (Å²) in [7, 11) is 0. The van der Waals surface area contributed by atoms with Gasteiger partial charge in [-0.25, -0.2) is 4.98 Å². The summed E-state index contributed by atoms with van der Waals surface area (Å²) in [5.74, 6) is 0. The molecule has 0 radical (unpaired) electrons. The van der Waals surface area contributed by atoms with Gasteiger partial charge in [0.05, 0.1) is 16.3 Å². The highest BCUT2D eigenvalue weighted by Crippen LogP contribution is 2.26. The first-order valence-corrected chi connectivity index (χ1v) is 5.81. The molecular weight excluding hydrogens is 232 g/mol. The number of nitrogens with zero attached hydrogens (tertiary/aromatic N) is 1. The molecule has 0 bridgehead atoms. The number of hydrogen-bond acceptors (Lipinski definition) is 4. The largest absolute Gasteiger partial charge is 0.391 e. The molecule has 5 heteroatoms. The van der Waals surface area contributed by atoms with E-state index in [-0.39, 0.29) is 6.54 Å². The summed E-state index contributed by atoms with van der Waals surface area (Å²) < 4.78 is 1.08. The molecule has 3 nitrogen and oxygen atoms in total. The van der Waals surface area contributed by atoms with Gasteiger partial charge in [-0.05, 0) is 18.2 Å². The van der Waals surface area contributed by atoms with Crippen LogP contribution in [0.1, 0.15) is 4.88 Å². The van der Waals surface area contributed by atoms with Gasteiger partial charge in [0, 0.05) is 17.8 Å². The van der Waals surface area contributed by atoms with E-state index in [1.807, 2.05) is 12.1 Å². The fourth-order valence-corrected chi connectivity index (χ4v) is 2.59. The minimum absolute atomic E-state index is 0.280. The monoisotopic (exact) mass is 242 g/mol. The molecule has 2 rings (SSSR count). The van der Waals surface area contributed by atoms with Crippen LogP contribution in [0.25, 0.3) is 10.2 Å². The van der Waals surface area contributed by atoms with Gasteiger partial charge in [0.15, 0.2) is 0 Å². The van der Waals surface area contributed by atoms with Gasteiger partial charge in [-0.2, -0.15) is 0 Å². The number of pyridine rings is 1. The van der Waals surface area contributed by atoms with Crippen molar-refractivity contribution in [3.05, 3.63) is 28.2 Å². The predicted octanol–water partition coefficient (Wildman–Crippen LogP) is 1.81. The van der Waals surface area contributed by atoms with E-state index in [9.17, 15) is 5.11 Å². The topological polar surface area (TPSA) is 59.1 Å². The Morgan fingerprint density at radius 2 is 2.33 bits per heavy atom. The summed E-state index contributed by atoms with van der Waals surface area (Å²) in [4.78, 5) is 5.27. The Bertz CT molecular complexity index is 471. The maximum absolute atomic E-state index is 9.43. The Morgan fingerprint density at radius 1 is 1.53 bits per heavy atom. The van der Waals surface area contributed by atoms with Crippen molar-refractivity contribution in [2.75, 3.05) is 6.54 Å². The van der Waals surface area contributed by atoms with Gasteiger partial charge in [0.2, 0.25) is 0 Å². The highest BCUT2D eigenvalue weighted by atomic mass is 35.5. The molecule has 15 heavy (non-hydrogen) atoms. The van der Waals surface area contributed by atoms with E-state index in [0.29, 0.717) is 11.6 Å². The lowest BCUT2D eigenvalue weighted by atomic mass is 10.2. The second-order valence-corrected chi connectivity index (χ2v) is 4.88. The molecule has 0 amide bonds. The van der Waals surface area contributed by atoms with Gasteiger partial charge in [0.1, 0.15) is 5.15 Å². The molecule has 1 atom stereocenters. The zero-order valence-corrected chi connectivity index (χ0v) is 9.55. The van der Waals surface area contributed by atoms with Gasteiger partial charge in [-0.1, -0.05) is 11.6 Å². The molecule has 0 aliphatic rings. The number of fused-ring (bicyclic) bond motifs is 1. The standard InChI is InChI=1S/C10H11ClN2OS/c11-10-2-1-9-8(13-10)4-7(15-9)3-6(14)5-12/h1-2,4,6,14H,3,5,12H2.